The average molecular weight is 329 g/mol. The molecule has 1 aliphatic carbocycles. The molecule has 1 N–H and O–H groups in total. The minimum absolute atomic E-state index is 0.00922. The highest BCUT2D eigenvalue weighted by atomic mass is 32.2. The molecule has 1 aliphatic rings. The van der Waals surface area contributed by atoms with Crippen molar-refractivity contribution in [1.29, 1.82) is 0 Å². The Labute approximate surface area is 131 Å². The minimum atomic E-state index is -3.69. The van der Waals surface area contributed by atoms with Crippen LogP contribution in [-0.4, -0.2) is 27.5 Å². The van der Waals surface area contributed by atoms with Crippen molar-refractivity contribution in [2.45, 2.75) is 62.8 Å². The summed E-state index contributed by atoms with van der Waals surface area (Å²) in [6, 6.07) is 1.17. The molecule has 1 aromatic rings. The smallest absolute Gasteiger partial charge is 0.373 e. The minimum Gasteiger partial charge on any atom is -0.463 e. The van der Waals surface area contributed by atoms with Gasteiger partial charge in [0.05, 0.1) is 7.11 Å². The molecule has 2 rings (SSSR count). The van der Waals surface area contributed by atoms with Gasteiger partial charge in [0.25, 0.3) is 0 Å². The van der Waals surface area contributed by atoms with Gasteiger partial charge in [-0.15, -0.1) is 0 Å². The lowest BCUT2D eigenvalue weighted by molar-refractivity contribution is 0.0563. The van der Waals surface area contributed by atoms with Gasteiger partial charge in [-0.1, -0.05) is 32.1 Å². The van der Waals surface area contributed by atoms with E-state index in [9.17, 15) is 13.2 Å². The molecule has 124 valence electrons. The zero-order valence-corrected chi connectivity index (χ0v) is 13.9. The Bertz CT molecular complexity index is 612. The number of hydrogen-bond donors (Lipinski definition) is 1. The molecule has 1 fully saturated rings. The van der Waals surface area contributed by atoms with Crippen molar-refractivity contribution in [1.82, 2.24) is 4.72 Å². The molecule has 1 aromatic heterocycles. The van der Waals surface area contributed by atoms with Crippen molar-refractivity contribution < 1.29 is 22.4 Å². The Kier molecular flexibility index (Phi) is 5.63. The van der Waals surface area contributed by atoms with E-state index in [0.29, 0.717) is 0 Å². The molecule has 0 unspecified atom stereocenters. The molecule has 1 heterocycles. The first kappa shape index (κ1) is 17.0. The number of methoxy groups -OCH3 is 1. The Balaban J connectivity index is 2.15. The largest absolute Gasteiger partial charge is 0.463 e. The van der Waals surface area contributed by atoms with Gasteiger partial charge in [-0.05, 0) is 19.8 Å². The fourth-order valence-corrected chi connectivity index (χ4v) is 4.27. The number of sulfonamides is 1. The first-order valence-corrected chi connectivity index (χ1v) is 9.13. The number of hydrogen-bond acceptors (Lipinski definition) is 5. The highest BCUT2D eigenvalue weighted by molar-refractivity contribution is 7.89. The quantitative estimate of drug-likeness (QED) is 0.859. The van der Waals surface area contributed by atoms with E-state index in [4.69, 9.17) is 4.42 Å². The number of nitrogens with one attached hydrogen (secondary N) is 1. The normalized spacial score (nSPS) is 17.7. The molecule has 0 amide bonds. The molecule has 0 bridgehead atoms. The number of ether oxygens (including phenoxy) is 1. The third-order valence-corrected chi connectivity index (χ3v) is 5.60. The summed E-state index contributed by atoms with van der Waals surface area (Å²) < 4.78 is 37.5. The van der Waals surface area contributed by atoms with Crippen molar-refractivity contribution >= 4 is 16.0 Å². The van der Waals surface area contributed by atoms with Crippen LogP contribution in [0.3, 0.4) is 0 Å². The maximum atomic E-state index is 12.5. The molecule has 7 heteroatoms. The Morgan fingerprint density at radius 3 is 2.41 bits per heavy atom. The molecule has 6 nitrogen and oxygen atoms in total. The van der Waals surface area contributed by atoms with Crippen molar-refractivity contribution in [2.24, 2.45) is 0 Å². The lowest BCUT2D eigenvalue weighted by Gasteiger charge is -2.20. The molecule has 1 saturated carbocycles. The zero-order valence-electron chi connectivity index (χ0n) is 13.1. The predicted octanol–water partition coefficient (Wildman–Crippen LogP) is 2.77. The van der Waals surface area contributed by atoms with Crippen molar-refractivity contribution in [3.05, 3.63) is 17.6 Å². The van der Waals surface area contributed by atoms with Crippen LogP contribution in [-0.2, 0) is 14.8 Å². The second-order valence-electron chi connectivity index (χ2n) is 5.69. The Morgan fingerprint density at radius 1 is 1.23 bits per heavy atom. The van der Waals surface area contributed by atoms with E-state index in [2.05, 4.69) is 9.46 Å². The third kappa shape index (κ3) is 4.10. The zero-order chi connectivity index (χ0) is 16.2. The van der Waals surface area contributed by atoms with E-state index in [-0.39, 0.29) is 22.5 Å². The van der Waals surface area contributed by atoms with Crippen LogP contribution in [0.2, 0.25) is 0 Å². The fraction of sp³-hybridized carbons (Fsp3) is 0.667. The van der Waals surface area contributed by atoms with Crippen molar-refractivity contribution in [3.63, 3.8) is 0 Å². The molecule has 0 aromatic carbocycles. The average Bonchev–Trinajstić information content (AvgIpc) is 2.83. The van der Waals surface area contributed by atoms with Crippen LogP contribution in [0, 0.1) is 6.92 Å². The van der Waals surface area contributed by atoms with Gasteiger partial charge in [-0.3, -0.25) is 0 Å². The number of esters is 1. The van der Waals surface area contributed by atoms with Crippen LogP contribution in [0.25, 0.3) is 0 Å². The van der Waals surface area contributed by atoms with Gasteiger partial charge in [0.1, 0.15) is 10.7 Å². The SMILES string of the molecule is COC(=O)c1cc(S(=O)(=O)NC2CCCCCCC2)c(C)o1. The molecule has 0 spiro atoms. The summed E-state index contributed by atoms with van der Waals surface area (Å²) >= 11 is 0. The van der Waals surface area contributed by atoms with E-state index in [1.54, 1.807) is 0 Å². The maximum absolute atomic E-state index is 12.5. The molecule has 0 radical (unpaired) electrons. The van der Waals surface area contributed by atoms with Crippen LogP contribution in [0.1, 0.15) is 61.3 Å². The lowest BCUT2D eigenvalue weighted by atomic mass is 9.97. The van der Waals surface area contributed by atoms with E-state index in [0.717, 1.165) is 38.5 Å². The second-order valence-corrected chi connectivity index (χ2v) is 7.37. The highest BCUT2D eigenvalue weighted by Crippen LogP contribution is 2.23. The number of rotatable bonds is 4. The van der Waals surface area contributed by atoms with Crippen LogP contribution < -0.4 is 4.72 Å². The summed E-state index contributed by atoms with van der Waals surface area (Å²) in [5, 5.41) is 0. The topological polar surface area (TPSA) is 85.6 Å². The van der Waals surface area contributed by atoms with Gasteiger partial charge in [-0.25, -0.2) is 17.9 Å². The summed E-state index contributed by atoms with van der Waals surface area (Å²) in [6.07, 6.45) is 7.28. The predicted molar refractivity (Wildman–Crippen MR) is 81.2 cm³/mol. The molecule has 0 saturated heterocycles. The number of furan rings is 1. The monoisotopic (exact) mass is 329 g/mol. The van der Waals surface area contributed by atoms with Crippen molar-refractivity contribution in [2.75, 3.05) is 7.11 Å². The molecule has 0 atom stereocenters. The van der Waals surface area contributed by atoms with Crippen LogP contribution >= 0.6 is 0 Å². The first-order chi connectivity index (χ1) is 10.4. The molecular formula is C15H23NO5S. The van der Waals surface area contributed by atoms with Crippen LogP contribution in [0.5, 0.6) is 0 Å². The summed E-state index contributed by atoms with van der Waals surface area (Å²) in [6.45, 7) is 1.53. The number of carbonyl (C=O) groups excluding carboxylic acids is 1. The molecule has 0 aliphatic heterocycles. The standard InChI is InChI=1S/C15H23NO5S/c1-11-14(10-13(21-11)15(17)20-2)22(18,19)16-12-8-6-4-3-5-7-9-12/h10,12,16H,3-9H2,1-2H3. The highest BCUT2D eigenvalue weighted by Gasteiger charge is 2.27. The lowest BCUT2D eigenvalue weighted by Crippen LogP contribution is -2.35. The van der Waals surface area contributed by atoms with Gasteiger partial charge < -0.3 is 9.15 Å². The summed E-state index contributed by atoms with van der Waals surface area (Å²) in [5.74, 6) is -0.590. The van der Waals surface area contributed by atoms with Crippen LogP contribution in [0.4, 0.5) is 0 Å². The Morgan fingerprint density at radius 2 is 1.82 bits per heavy atom. The Hall–Kier alpha value is -1.34. The number of aryl methyl sites for hydroxylation is 1. The van der Waals surface area contributed by atoms with Gasteiger partial charge in [0.15, 0.2) is 0 Å². The second kappa shape index (κ2) is 7.28. The fourth-order valence-electron chi connectivity index (χ4n) is 2.79. The van der Waals surface area contributed by atoms with Crippen molar-refractivity contribution in [3.8, 4) is 0 Å². The van der Waals surface area contributed by atoms with E-state index in [1.165, 1.54) is 26.5 Å². The van der Waals surface area contributed by atoms with Gasteiger partial charge in [0, 0.05) is 12.1 Å². The van der Waals surface area contributed by atoms with Gasteiger partial charge in [0.2, 0.25) is 15.8 Å². The first-order valence-electron chi connectivity index (χ1n) is 7.65. The van der Waals surface area contributed by atoms with E-state index in [1.807, 2.05) is 0 Å². The van der Waals surface area contributed by atoms with E-state index < -0.39 is 16.0 Å². The maximum Gasteiger partial charge on any atom is 0.373 e. The van der Waals surface area contributed by atoms with Gasteiger partial charge in [-0.2, -0.15) is 0 Å². The third-order valence-electron chi connectivity index (χ3n) is 3.98. The number of carbonyl (C=O) groups is 1. The molecule has 22 heavy (non-hydrogen) atoms. The summed E-state index contributed by atoms with van der Waals surface area (Å²) in [5.41, 5.74) is 0. The molecular weight excluding hydrogens is 306 g/mol. The van der Waals surface area contributed by atoms with Crippen LogP contribution in [0.15, 0.2) is 15.4 Å². The summed E-state index contributed by atoms with van der Waals surface area (Å²) in [7, 11) is -2.47. The van der Waals surface area contributed by atoms with Gasteiger partial charge >= 0.3 is 5.97 Å². The van der Waals surface area contributed by atoms with E-state index >= 15 is 0 Å². The summed E-state index contributed by atoms with van der Waals surface area (Å²) in [4.78, 5) is 11.5.